The Labute approximate surface area is 202 Å². The van der Waals surface area contributed by atoms with Gasteiger partial charge in [-0.25, -0.2) is 0 Å². The Morgan fingerprint density at radius 3 is 2.34 bits per heavy atom. The number of hydrogen-bond donors (Lipinski definition) is 6. The summed E-state index contributed by atoms with van der Waals surface area (Å²) < 4.78 is 0. The number of aromatic hydroxyl groups is 1. The van der Waals surface area contributed by atoms with Crippen molar-refractivity contribution in [3.05, 3.63) is 28.3 Å². The summed E-state index contributed by atoms with van der Waals surface area (Å²) in [5.74, 6) is -7.61. The zero-order valence-corrected chi connectivity index (χ0v) is 20.1. The van der Waals surface area contributed by atoms with E-state index in [4.69, 9.17) is 11.5 Å². The molecule has 0 aromatic heterocycles. The lowest BCUT2D eigenvalue weighted by Crippen LogP contribution is -2.73. The van der Waals surface area contributed by atoms with Gasteiger partial charge in [-0.15, -0.1) is 0 Å². The minimum atomic E-state index is -2.67. The highest BCUT2D eigenvalue weighted by Gasteiger charge is 2.67. The Morgan fingerprint density at radius 2 is 1.83 bits per heavy atom. The molecule has 0 aliphatic heterocycles. The zero-order valence-electron chi connectivity index (χ0n) is 20.1. The summed E-state index contributed by atoms with van der Waals surface area (Å²) in [5, 5.41) is 44.7. The Kier molecular flexibility index (Phi) is 5.95. The van der Waals surface area contributed by atoms with Crippen molar-refractivity contribution in [3.8, 4) is 5.75 Å². The van der Waals surface area contributed by atoms with E-state index in [0.717, 1.165) is 0 Å². The van der Waals surface area contributed by atoms with Gasteiger partial charge in [0.2, 0.25) is 11.7 Å². The predicted molar refractivity (Wildman–Crippen MR) is 126 cm³/mol. The largest absolute Gasteiger partial charge is 0.507 e. The highest BCUT2D eigenvalue weighted by Crippen LogP contribution is 2.53. The number of aliphatic hydroxyl groups is 3. The molecule has 190 valence electrons. The number of hydrogen-bond acceptors (Lipinski definition) is 10. The van der Waals surface area contributed by atoms with Crippen LogP contribution in [-0.4, -0.2) is 88.7 Å². The van der Waals surface area contributed by atoms with Crippen molar-refractivity contribution in [2.45, 2.75) is 37.1 Å². The number of likely N-dealkylation sites (N-methyl/N-ethyl adjacent to an activating group) is 1. The third kappa shape index (κ3) is 3.29. The predicted octanol–water partition coefficient (Wildman–Crippen LogP) is -1.35. The molecule has 3 aliphatic carbocycles. The van der Waals surface area contributed by atoms with Crippen molar-refractivity contribution in [3.63, 3.8) is 0 Å². The lowest BCUT2D eigenvalue weighted by molar-refractivity contribution is -0.184. The highest BCUT2D eigenvalue weighted by atomic mass is 16.3. The third-order valence-corrected chi connectivity index (χ3v) is 7.85. The molecule has 11 heteroatoms. The fourth-order valence-corrected chi connectivity index (χ4v) is 6.26. The van der Waals surface area contributed by atoms with E-state index in [2.05, 4.69) is 0 Å². The number of nitrogens with zero attached hydrogens (tertiary/aromatic N) is 2. The van der Waals surface area contributed by atoms with Crippen LogP contribution in [0.5, 0.6) is 5.75 Å². The first-order valence-corrected chi connectivity index (χ1v) is 11.4. The SMILES string of the molecule is CN(C)c1cc(CN)c(O)c2c1C[C@H]1C[C@H]3[C@H](N(C)C)C(O)C(C(N)=O)C(=O)[C@@]3(O)C(=O)C1=C2O. The molecule has 11 nitrogen and oxygen atoms in total. The van der Waals surface area contributed by atoms with Crippen LogP contribution in [-0.2, 0) is 27.3 Å². The topological polar surface area (TPSA) is 191 Å². The molecule has 1 aromatic rings. The Bertz CT molecular complexity index is 1160. The number of phenols is 1. The van der Waals surface area contributed by atoms with Gasteiger partial charge in [-0.3, -0.25) is 14.4 Å². The molecule has 35 heavy (non-hydrogen) atoms. The number of rotatable bonds is 4. The molecule has 6 atom stereocenters. The number of fused-ring (bicyclic) bond motifs is 3. The molecule has 8 N–H and O–H groups in total. The summed E-state index contributed by atoms with van der Waals surface area (Å²) in [6.07, 6.45) is -1.20. The number of primary amides is 1. The number of benzene rings is 1. The van der Waals surface area contributed by atoms with Crippen molar-refractivity contribution >= 4 is 28.9 Å². The number of carbonyl (C=O) groups is 3. The second-order valence-electron chi connectivity index (χ2n) is 10.1. The fraction of sp³-hybridized carbons (Fsp3) is 0.542. The number of phenolic OH excluding ortho intramolecular Hbond substituents is 1. The summed E-state index contributed by atoms with van der Waals surface area (Å²) in [5.41, 5.74) is 10.0. The highest BCUT2D eigenvalue weighted by molar-refractivity contribution is 6.25. The molecule has 2 fully saturated rings. The van der Waals surface area contributed by atoms with E-state index >= 15 is 0 Å². The molecule has 4 rings (SSSR count). The number of anilines is 1. The molecule has 0 heterocycles. The van der Waals surface area contributed by atoms with E-state index in [1.165, 1.54) is 0 Å². The van der Waals surface area contributed by atoms with Crippen molar-refractivity contribution in [1.29, 1.82) is 0 Å². The quantitative estimate of drug-likeness (QED) is 0.276. The van der Waals surface area contributed by atoms with Crippen LogP contribution in [0.3, 0.4) is 0 Å². The van der Waals surface area contributed by atoms with E-state index in [1.54, 1.807) is 39.2 Å². The number of nitrogens with two attached hydrogens (primary N) is 2. The fourth-order valence-electron chi connectivity index (χ4n) is 6.26. The van der Waals surface area contributed by atoms with E-state index in [0.29, 0.717) is 16.8 Å². The standard InChI is InChI=1S/C24H32N4O7/c1-27(2)13-7-10(8-25)18(29)15-11(13)5-9-6-12-17(28(3)4)20(31)16(23(26)34)22(33)24(12,35)21(32)14(9)19(15)30/h7,9,12,16-17,20,29-31,35H,5-6,8,25H2,1-4H3,(H2,26,34)/t9-,12-,16?,17-,20?,24-/m0/s1. The summed E-state index contributed by atoms with van der Waals surface area (Å²) >= 11 is 0. The zero-order chi connectivity index (χ0) is 26.1. The number of carbonyl (C=O) groups excluding carboxylic acids is 3. The maximum atomic E-state index is 13.8. The van der Waals surface area contributed by atoms with E-state index < -0.39 is 58.7 Å². The van der Waals surface area contributed by atoms with E-state index in [9.17, 15) is 34.8 Å². The van der Waals surface area contributed by atoms with Crippen LogP contribution in [0, 0.1) is 17.8 Å². The second-order valence-corrected chi connectivity index (χ2v) is 10.1. The summed E-state index contributed by atoms with van der Waals surface area (Å²) in [6.45, 7) is -0.0207. The molecular formula is C24H32N4O7. The first kappa shape index (κ1) is 25.1. The van der Waals surface area contributed by atoms with Crippen LogP contribution < -0.4 is 16.4 Å². The first-order valence-electron chi connectivity index (χ1n) is 11.4. The van der Waals surface area contributed by atoms with Gasteiger partial charge >= 0.3 is 0 Å². The number of aliphatic hydroxyl groups excluding tert-OH is 2. The van der Waals surface area contributed by atoms with Crippen LogP contribution >= 0.6 is 0 Å². The Morgan fingerprint density at radius 1 is 1.20 bits per heavy atom. The average Bonchev–Trinajstić information content (AvgIpc) is 2.75. The van der Waals surface area contributed by atoms with Gasteiger partial charge in [-0.05, 0) is 44.5 Å². The lowest BCUT2D eigenvalue weighted by Gasteiger charge is -2.53. The van der Waals surface area contributed by atoms with Gasteiger partial charge in [0, 0.05) is 49.4 Å². The molecule has 1 amide bonds. The van der Waals surface area contributed by atoms with Gasteiger partial charge in [0.25, 0.3) is 0 Å². The smallest absolute Gasteiger partial charge is 0.230 e. The second kappa shape index (κ2) is 8.30. The minimum absolute atomic E-state index is 0.0207. The van der Waals surface area contributed by atoms with E-state index in [1.807, 2.05) is 4.90 Å². The third-order valence-electron chi connectivity index (χ3n) is 7.85. The van der Waals surface area contributed by atoms with Crippen molar-refractivity contribution < 1.29 is 34.8 Å². The minimum Gasteiger partial charge on any atom is -0.507 e. The molecule has 2 unspecified atom stereocenters. The van der Waals surface area contributed by atoms with Gasteiger partial charge in [-0.1, -0.05) is 0 Å². The van der Waals surface area contributed by atoms with Gasteiger partial charge < -0.3 is 41.7 Å². The van der Waals surface area contributed by atoms with Gasteiger partial charge in [0.15, 0.2) is 11.4 Å². The van der Waals surface area contributed by atoms with Gasteiger partial charge in [0.1, 0.15) is 17.4 Å². The van der Waals surface area contributed by atoms with Crippen LogP contribution in [0.1, 0.15) is 23.1 Å². The Hall–Kier alpha value is -2.99. The maximum Gasteiger partial charge on any atom is 0.230 e. The van der Waals surface area contributed by atoms with Gasteiger partial charge in [-0.2, -0.15) is 0 Å². The lowest BCUT2D eigenvalue weighted by atomic mass is 9.54. The molecule has 0 spiro atoms. The van der Waals surface area contributed by atoms with Gasteiger partial charge in [0.05, 0.1) is 11.7 Å². The molecule has 0 radical (unpaired) electrons. The van der Waals surface area contributed by atoms with Crippen LogP contribution in [0.25, 0.3) is 5.76 Å². The number of Topliss-reactive ketones (excluding diaryl/α,β-unsaturated/α-hetero) is 2. The number of amides is 1. The Balaban J connectivity index is 1.96. The molecule has 3 aliphatic rings. The first-order chi connectivity index (χ1) is 16.3. The van der Waals surface area contributed by atoms with Crippen molar-refractivity contribution in [1.82, 2.24) is 4.90 Å². The molecule has 0 bridgehead atoms. The average molecular weight is 489 g/mol. The number of ketones is 2. The van der Waals surface area contributed by atoms with Crippen LogP contribution in [0.4, 0.5) is 5.69 Å². The van der Waals surface area contributed by atoms with Crippen molar-refractivity contribution in [2.24, 2.45) is 29.2 Å². The maximum absolute atomic E-state index is 13.8. The summed E-state index contributed by atoms with van der Waals surface area (Å²) in [6, 6.07) is 0.798. The molecular weight excluding hydrogens is 456 g/mol. The summed E-state index contributed by atoms with van der Waals surface area (Å²) in [4.78, 5) is 42.6. The van der Waals surface area contributed by atoms with Crippen LogP contribution in [0.2, 0.25) is 0 Å². The molecule has 1 aromatic carbocycles. The molecule has 2 saturated carbocycles. The van der Waals surface area contributed by atoms with E-state index in [-0.39, 0.29) is 36.3 Å². The monoisotopic (exact) mass is 488 g/mol. The molecule has 0 saturated heterocycles. The summed E-state index contributed by atoms with van der Waals surface area (Å²) in [7, 11) is 6.83. The van der Waals surface area contributed by atoms with Crippen molar-refractivity contribution in [2.75, 3.05) is 33.1 Å². The normalized spacial score (nSPS) is 32.3. The van der Waals surface area contributed by atoms with Crippen LogP contribution in [0.15, 0.2) is 11.6 Å².